The van der Waals surface area contributed by atoms with E-state index in [1.54, 1.807) is 0 Å². The molecule has 2 heteroatoms. The Labute approximate surface area is 49.9 Å². The first-order valence-corrected chi connectivity index (χ1v) is 1.71. The monoisotopic (exact) mass is 131 g/mol. The van der Waals surface area contributed by atoms with Crippen molar-refractivity contribution in [2.75, 3.05) is 0 Å². The van der Waals surface area contributed by atoms with Gasteiger partial charge in [0.1, 0.15) is 0 Å². The molecule has 0 fully saturated rings. The molecule has 0 aliphatic heterocycles. The van der Waals surface area contributed by atoms with Crippen molar-refractivity contribution in [3.8, 4) is 0 Å². The fraction of sp³-hybridized carbons (Fsp3) is 0.750. The minimum Gasteiger partial charge on any atom is -0.412 e. The van der Waals surface area contributed by atoms with Gasteiger partial charge in [-0.15, -0.1) is 0 Å². The van der Waals surface area contributed by atoms with Crippen LogP contribution in [0.2, 0.25) is 0 Å². The van der Waals surface area contributed by atoms with Crippen LogP contribution < -0.4 is 0 Å². The zero-order valence-electron chi connectivity index (χ0n) is 3.97. The average molecular weight is 131 g/mol. The maximum absolute atomic E-state index is 3.60. The van der Waals surface area contributed by atoms with E-state index in [1.165, 1.54) is 6.42 Å². The van der Waals surface area contributed by atoms with E-state index in [-0.39, 0.29) is 22.5 Å². The Morgan fingerprint density at radius 1 is 1.50 bits per heavy atom. The smallest absolute Gasteiger partial charge is 0 e. The molecule has 0 spiro atoms. The summed E-state index contributed by atoms with van der Waals surface area (Å²) < 4.78 is 0. The summed E-state index contributed by atoms with van der Waals surface area (Å²) in [5.41, 5.74) is 0. The van der Waals surface area contributed by atoms with Crippen molar-refractivity contribution in [3.63, 3.8) is 0 Å². The molecule has 0 saturated carbocycles. The van der Waals surface area contributed by atoms with Crippen LogP contribution in [-0.4, -0.2) is 5.48 Å². The molecule has 0 unspecified atom stereocenters. The van der Waals surface area contributed by atoms with E-state index in [9.17, 15) is 0 Å². The molecule has 0 aliphatic rings. The molecule has 0 rings (SSSR count). The summed E-state index contributed by atoms with van der Waals surface area (Å²) in [5, 5.41) is 0. The zero-order valence-corrected chi connectivity index (χ0v) is 5.08. The first-order chi connectivity index (χ1) is 1.91. The van der Waals surface area contributed by atoms with Crippen LogP contribution in [0.1, 0.15) is 19.8 Å². The number of rotatable bonds is 1. The molecule has 6 heavy (non-hydrogen) atoms. The maximum atomic E-state index is 3.60. The van der Waals surface area contributed by atoms with Crippen molar-refractivity contribution >= 4 is 0 Å². The van der Waals surface area contributed by atoms with Crippen LogP contribution in [0.15, 0.2) is 0 Å². The fourth-order valence-corrected chi connectivity index (χ4v) is 0. The second-order valence-corrected chi connectivity index (χ2v) is 0.854. The van der Waals surface area contributed by atoms with Gasteiger partial charge in [-0.3, -0.25) is 0 Å². The molecule has 0 aromatic heterocycles. The van der Waals surface area contributed by atoms with Crippen LogP contribution >= 0.6 is 0 Å². The van der Waals surface area contributed by atoms with Crippen molar-refractivity contribution in [2.24, 2.45) is 0 Å². The molecular weight excluding hydrogens is 120 g/mol. The third-order valence-corrected chi connectivity index (χ3v) is 0.354. The van der Waals surface area contributed by atoms with E-state index >= 15 is 0 Å². The zero-order chi connectivity index (χ0) is 3.41. The molecule has 42 valence electrons. The molecular formula is C4H11FeO-. The Morgan fingerprint density at radius 2 is 1.67 bits per heavy atom. The quantitative estimate of drug-likeness (QED) is 0.372. The standard InChI is InChI=1S/C4H9.Fe.H2O/c1-3-4-2;;/h1,3-4H2,2H3;;1H2/q-1;;. The molecule has 1 nitrogen and oxygen atoms in total. The van der Waals surface area contributed by atoms with Crippen LogP contribution in [0, 0.1) is 6.92 Å². The summed E-state index contributed by atoms with van der Waals surface area (Å²) >= 11 is 0. The van der Waals surface area contributed by atoms with Gasteiger partial charge in [0.2, 0.25) is 0 Å². The first kappa shape index (κ1) is 16.1. The summed E-state index contributed by atoms with van der Waals surface area (Å²) in [6.45, 7) is 5.72. The first-order valence-electron chi connectivity index (χ1n) is 1.71. The molecule has 0 aliphatic carbocycles. The number of unbranched alkanes of at least 4 members (excludes halogenated alkanes) is 1. The summed E-state index contributed by atoms with van der Waals surface area (Å²) in [5.74, 6) is 0. The second-order valence-electron chi connectivity index (χ2n) is 0.854. The van der Waals surface area contributed by atoms with Gasteiger partial charge in [-0.05, 0) is 0 Å². The van der Waals surface area contributed by atoms with Gasteiger partial charge in [-0.2, -0.15) is 6.42 Å². The molecule has 0 radical (unpaired) electrons. The van der Waals surface area contributed by atoms with E-state index in [0.29, 0.717) is 0 Å². The van der Waals surface area contributed by atoms with Gasteiger partial charge in [0.05, 0.1) is 0 Å². The summed E-state index contributed by atoms with van der Waals surface area (Å²) in [6, 6.07) is 0. The average Bonchev–Trinajstić information content (AvgIpc) is 1.37. The fourth-order valence-electron chi connectivity index (χ4n) is 0. The van der Waals surface area contributed by atoms with Gasteiger partial charge >= 0.3 is 0 Å². The summed E-state index contributed by atoms with van der Waals surface area (Å²) in [6.07, 6.45) is 2.28. The Hall–Kier alpha value is 0.479. The van der Waals surface area contributed by atoms with Gasteiger partial charge in [0.15, 0.2) is 0 Å². The van der Waals surface area contributed by atoms with Crippen LogP contribution in [0.25, 0.3) is 0 Å². The maximum Gasteiger partial charge on any atom is 0 e. The van der Waals surface area contributed by atoms with Crippen molar-refractivity contribution in [2.45, 2.75) is 19.8 Å². The van der Waals surface area contributed by atoms with E-state index in [1.807, 2.05) is 0 Å². The van der Waals surface area contributed by atoms with Crippen LogP contribution in [0.5, 0.6) is 0 Å². The largest absolute Gasteiger partial charge is 0.412 e. The molecule has 0 aromatic rings. The Kier molecular flexibility index (Phi) is 47.9. The predicted molar refractivity (Wildman–Crippen MR) is 23.9 cm³/mol. The summed E-state index contributed by atoms with van der Waals surface area (Å²) in [7, 11) is 0. The van der Waals surface area contributed by atoms with Crippen LogP contribution in [-0.2, 0) is 17.1 Å². The Bertz CT molecular complexity index is 9.51. The molecule has 2 N–H and O–H groups in total. The second kappa shape index (κ2) is 17.9. The number of hydrogen-bond acceptors (Lipinski definition) is 0. The van der Waals surface area contributed by atoms with E-state index < -0.39 is 0 Å². The van der Waals surface area contributed by atoms with Gasteiger partial charge in [-0.25, -0.2) is 0 Å². The van der Waals surface area contributed by atoms with Gasteiger partial charge in [0.25, 0.3) is 0 Å². The van der Waals surface area contributed by atoms with Crippen molar-refractivity contribution < 1.29 is 22.5 Å². The van der Waals surface area contributed by atoms with E-state index in [0.717, 1.165) is 6.42 Å². The van der Waals surface area contributed by atoms with Crippen molar-refractivity contribution in [1.82, 2.24) is 0 Å². The molecule has 0 bridgehead atoms. The summed E-state index contributed by atoms with van der Waals surface area (Å²) in [4.78, 5) is 0. The topological polar surface area (TPSA) is 31.5 Å². The molecule has 0 amide bonds. The van der Waals surface area contributed by atoms with Gasteiger partial charge in [0, 0.05) is 17.1 Å². The predicted octanol–water partition coefficient (Wildman–Crippen LogP) is 0.793. The number of hydrogen-bond donors (Lipinski definition) is 0. The third kappa shape index (κ3) is 24.8. The van der Waals surface area contributed by atoms with Crippen LogP contribution in [0.4, 0.5) is 0 Å². The Balaban J connectivity index is -0.0000000450. The third-order valence-electron chi connectivity index (χ3n) is 0.354. The van der Waals surface area contributed by atoms with Crippen LogP contribution in [0.3, 0.4) is 0 Å². The van der Waals surface area contributed by atoms with Gasteiger partial charge in [-0.1, -0.05) is 13.3 Å². The molecule has 0 aromatic carbocycles. The van der Waals surface area contributed by atoms with Crippen molar-refractivity contribution in [1.29, 1.82) is 0 Å². The van der Waals surface area contributed by atoms with E-state index in [4.69, 9.17) is 0 Å². The molecule has 0 saturated heterocycles. The minimum absolute atomic E-state index is 0. The van der Waals surface area contributed by atoms with Crippen molar-refractivity contribution in [3.05, 3.63) is 6.92 Å². The molecule has 0 heterocycles. The SMILES string of the molecule is O.[CH2-]CCC.[Fe]. The normalized spacial score (nSPS) is 5.00. The minimum atomic E-state index is 0. The van der Waals surface area contributed by atoms with E-state index in [2.05, 4.69) is 13.8 Å². The van der Waals surface area contributed by atoms with Gasteiger partial charge < -0.3 is 12.4 Å². The Morgan fingerprint density at radius 3 is 1.67 bits per heavy atom. The molecule has 0 atom stereocenters.